The van der Waals surface area contributed by atoms with Gasteiger partial charge in [-0.05, 0) is 6.07 Å². The molecule has 8 heteroatoms. The third-order valence-corrected chi connectivity index (χ3v) is 4.84. The molecule has 0 atom stereocenters. The Morgan fingerprint density at radius 1 is 1.25 bits per heavy atom. The van der Waals surface area contributed by atoms with Gasteiger partial charge in [-0.1, -0.05) is 18.2 Å². The van der Waals surface area contributed by atoms with Crippen LogP contribution in [0, 0.1) is 0 Å². The predicted octanol–water partition coefficient (Wildman–Crippen LogP) is 2.17. The molecule has 7 nitrogen and oxygen atoms in total. The monoisotopic (exact) mass is 340 g/mol. The Morgan fingerprint density at radius 3 is 3.00 bits per heavy atom. The number of fused-ring (bicyclic) bond motifs is 2. The average Bonchev–Trinajstić information content (AvgIpc) is 3.19. The highest BCUT2D eigenvalue weighted by molar-refractivity contribution is 7.99. The van der Waals surface area contributed by atoms with E-state index in [-0.39, 0.29) is 12.6 Å². The van der Waals surface area contributed by atoms with Crippen LogP contribution in [0.4, 0.5) is 5.95 Å². The van der Waals surface area contributed by atoms with Crippen molar-refractivity contribution in [3.8, 4) is 0 Å². The second-order valence-corrected chi connectivity index (χ2v) is 6.44. The van der Waals surface area contributed by atoms with Crippen LogP contribution in [0.25, 0.3) is 22.1 Å². The van der Waals surface area contributed by atoms with Gasteiger partial charge in [0.25, 0.3) is 0 Å². The SMILES string of the molecule is Nc1nc(SCCn2cc(CO)c3ccccc32)c2[nH]cnc2n1. The number of aryl methyl sites for hydroxylation is 1. The highest BCUT2D eigenvalue weighted by Crippen LogP contribution is 2.25. The van der Waals surface area contributed by atoms with Crippen molar-refractivity contribution in [2.75, 3.05) is 11.5 Å². The van der Waals surface area contributed by atoms with Crippen LogP contribution in [-0.2, 0) is 13.2 Å². The number of aliphatic hydroxyl groups excluding tert-OH is 1. The van der Waals surface area contributed by atoms with Crippen molar-refractivity contribution in [3.05, 3.63) is 42.4 Å². The van der Waals surface area contributed by atoms with E-state index in [0.717, 1.165) is 39.3 Å². The summed E-state index contributed by atoms with van der Waals surface area (Å²) in [6.45, 7) is 0.836. The molecule has 0 fully saturated rings. The number of hydrogen-bond acceptors (Lipinski definition) is 6. The first-order chi connectivity index (χ1) is 11.8. The Kier molecular flexibility index (Phi) is 3.83. The fraction of sp³-hybridized carbons (Fsp3) is 0.188. The topological polar surface area (TPSA) is 106 Å². The zero-order chi connectivity index (χ0) is 16.5. The second kappa shape index (κ2) is 6.14. The summed E-state index contributed by atoms with van der Waals surface area (Å²) in [4.78, 5) is 15.6. The summed E-state index contributed by atoms with van der Waals surface area (Å²) in [6.07, 6.45) is 3.60. The number of aliphatic hydroxyl groups is 1. The number of anilines is 1. The Bertz CT molecular complexity index is 1010. The lowest BCUT2D eigenvalue weighted by Gasteiger charge is -2.06. The summed E-state index contributed by atoms with van der Waals surface area (Å²) >= 11 is 1.60. The first-order valence-electron chi connectivity index (χ1n) is 7.53. The fourth-order valence-electron chi connectivity index (χ4n) is 2.80. The summed E-state index contributed by atoms with van der Waals surface area (Å²) in [6, 6.07) is 8.09. The molecule has 3 aromatic heterocycles. The van der Waals surface area contributed by atoms with Crippen LogP contribution in [0.15, 0.2) is 41.8 Å². The number of rotatable bonds is 5. The highest BCUT2D eigenvalue weighted by Gasteiger charge is 2.10. The number of benzene rings is 1. The number of nitrogens with two attached hydrogens (primary N) is 1. The van der Waals surface area contributed by atoms with Crippen molar-refractivity contribution in [2.45, 2.75) is 18.2 Å². The maximum Gasteiger partial charge on any atom is 0.223 e. The van der Waals surface area contributed by atoms with Gasteiger partial charge in [0.2, 0.25) is 5.95 Å². The molecule has 0 spiro atoms. The normalized spacial score (nSPS) is 11.5. The Labute approximate surface area is 141 Å². The third-order valence-electron chi connectivity index (χ3n) is 3.88. The van der Waals surface area contributed by atoms with Crippen molar-refractivity contribution in [1.29, 1.82) is 0 Å². The van der Waals surface area contributed by atoms with Crippen LogP contribution in [0.3, 0.4) is 0 Å². The molecule has 0 bridgehead atoms. The molecule has 4 aromatic rings. The molecular weight excluding hydrogens is 324 g/mol. The lowest BCUT2D eigenvalue weighted by Crippen LogP contribution is -2.01. The van der Waals surface area contributed by atoms with Gasteiger partial charge >= 0.3 is 0 Å². The van der Waals surface area contributed by atoms with Crippen LogP contribution in [0.2, 0.25) is 0 Å². The number of hydrogen-bond donors (Lipinski definition) is 3. The molecule has 1 aromatic carbocycles. The molecule has 122 valence electrons. The smallest absolute Gasteiger partial charge is 0.223 e. The molecular formula is C16H16N6OS. The Hall–Kier alpha value is -2.58. The number of aromatic nitrogens is 5. The molecule has 4 rings (SSSR count). The molecule has 0 aliphatic rings. The number of thioether (sulfide) groups is 1. The summed E-state index contributed by atoms with van der Waals surface area (Å²) in [5.41, 5.74) is 9.19. The van der Waals surface area contributed by atoms with E-state index in [9.17, 15) is 5.11 Å². The number of nitrogens with one attached hydrogen (secondary N) is 1. The molecule has 3 heterocycles. The molecule has 24 heavy (non-hydrogen) atoms. The molecule has 4 N–H and O–H groups in total. The average molecular weight is 340 g/mol. The van der Waals surface area contributed by atoms with Gasteiger partial charge < -0.3 is 20.4 Å². The quantitative estimate of drug-likeness (QED) is 0.380. The van der Waals surface area contributed by atoms with Crippen molar-refractivity contribution < 1.29 is 5.11 Å². The summed E-state index contributed by atoms with van der Waals surface area (Å²) in [5.74, 6) is 1.04. The van der Waals surface area contributed by atoms with Gasteiger partial charge in [-0.3, -0.25) is 0 Å². The van der Waals surface area contributed by atoms with Crippen LogP contribution < -0.4 is 5.73 Å². The molecule has 0 aliphatic carbocycles. The summed E-state index contributed by atoms with van der Waals surface area (Å²) in [7, 11) is 0. The number of aromatic amines is 1. The van der Waals surface area contributed by atoms with Crippen molar-refractivity contribution in [3.63, 3.8) is 0 Å². The van der Waals surface area contributed by atoms with Gasteiger partial charge in [0, 0.05) is 35.0 Å². The van der Waals surface area contributed by atoms with E-state index in [1.54, 1.807) is 18.1 Å². The molecule has 0 aliphatic heterocycles. The van der Waals surface area contributed by atoms with E-state index < -0.39 is 0 Å². The minimum absolute atomic E-state index is 0.0396. The second-order valence-electron chi connectivity index (χ2n) is 5.36. The van der Waals surface area contributed by atoms with Gasteiger partial charge in [-0.15, -0.1) is 11.8 Å². The minimum atomic E-state index is 0.0396. The number of imidazole rings is 1. The van der Waals surface area contributed by atoms with Gasteiger partial charge in [0.15, 0.2) is 5.65 Å². The number of para-hydroxylation sites is 1. The minimum Gasteiger partial charge on any atom is -0.392 e. The number of H-pyrrole nitrogens is 1. The van der Waals surface area contributed by atoms with E-state index in [1.165, 1.54) is 0 Å². The van der Waals surface area contributed by atoms with Gasteiger partial charge in [-0.2, -0.15) is 4.98 Å². The lowest BCUT2D eigenvalue weighted by molar-refractivity contribution is 0.283. The van der Waals surface area contributed by atoms with Crippen LogP contribution in [-0.4, -0.2) is 35.4 Å². The lowest BCUT2D eigenvalue weighted by atomic mass is 10.2. The van der Waals surface area contributed by atoms with Gasteiger partial charge in [0.1, 0.15) is 10.5 Å². The standard InChI is InChI=1S/C16H16N6OS/c17-16-20-14-13(18-9-19-14)15(21-16)24-6-5-22-7-10(8-23)11-3-1-2-4-12(11)22/h1-4,7,9,23H,5-6,8H2,(H3,17,18,19,20,21). The molecule has 0 saturated carbocycles. The molecule has 0 unspecified atom stereocenters. The fourth-order valence-corrected chi connectivity index (χ4v) is 3.74. The summed E-state index contributed by atoms with van der Waals surface area (Å²) in [5, 5.41) is 11.4. The zero-order valence-corrected chi connectivity index (χ0v) is 13.6. The highest BCUT2D eigenvalue weighted by atomic mass is 32.2. The summed E-state index contributed by atoms with van der Waals surface area (Å²) < 4.78 is 2.16. The molecule has 0 radical (unpaired) electrons. The van der Waals surface area contributed by atoms with E-state index in [0.29, 0.717) is 5.65 Å². The third kappa shape index (κ3) is 2.59. The zero-order valence-electron chi connectivity index (χ0n) is 12.8. The van der Waals surface area contributed by atoms with E-state index >= 15 is 0 Å². The predicted molar refractivity (Wildman–Crippen MR) is 94.7 cm³/mol. The largest absolute Gasteiger partial charge is 0.392 e. The van der Waals surface area contributed by atoms with E-state index in [2.05, 4.69) is 30.6 Å². The van der Waals surface area contributed by atoms with E-state index in [1.807, 2.05) is 24.4 Å². The Balaban J connectivity index is 1.56. The van der Waals surface area contributed by atoms with E-state index in [4.69, 9.17) is 5.73 Å². The van der Waals surface area contributed by atoms with Crippen molar-refractivity contribution in [2.24, 2.45) is 0 Å². The van der Waals surface area contributed by atoms with Crippen LogP contribution in [0.1, 0.15) is 5.56 Å². The maximum atomic E-state index is 9.52. The first kappa shape index (κ1) is 15.0. The van der Waals surface area contributed by atoms with Gasteiger partial charge in [-0.25, -0.2) is 9.97 Å². The van der Waals surface area contributed by atoms with Crippen molar-refractivity contribution >= 4 is 39.8 Å². The van der Waals surface area contributed by atoms with Crippen LogP contribution in [0.5, 0.6) is 0 Å². The number of nitrogen functional groups attached to an aromatic ring is 1. The first-order valence-corrected chi connectivity index (χ1v) is 8.52. The van der Waals surface area contributed by atoms with Gasteiger partial charge in [0.05, 0.1) is 12.9 Å². The number of nitrogens with zero attached hydrogens (tertiary/aromatic N) is 4. The Morgan fingerprint density at radius 2 is 2.12 bits per heavy atom. The van der Waals surface area contributed by atoms with Crippen LogP contribution >= 0.6 is 11.8 Å². The molecule has 0 amide bonds. The maximum absolute atomic E-state index is 9.52. The van der Waals surface area contributed by atoms with Crippen molar-refractivity contribution in [1.82, 2.24) is 24.5 Å². The molecule has 0 saturated heterocycles.